The maximum Gasteiger partial charge on any atom is 0.514 e. The van der Waals surface area contributed by atoms with Gasteiger partial charge in [-0.2, -0.15) is 12.6 Å². The number of rotatable bonds is 14. The molecule has 0 fully saturated rings. The Bertz CT molecular complexity index is 1130. The van der Waals surface area contributed by atoms with Crippen molar-refractivity contribution in [2.75, 3.05) is 52.1 Å². The lowest BCUT2D eigenvalue weighted by Gasteiger charge is -2.25. The zero-order valence-electron chi connectivity index (χ0n) is 23.1. The summed E-state index contributed by atoms with van der Waals surface area (Å²) in [6.45, 7) is 9.58. The maximum atomic E-state index is 12.7. The third-order valence-electron chi connectivity index (χ3n) is 6.17. The van der Waals surface area contributed by atoms with E-state index in [-0.39, 0.29) is 29.6 Å². The molecule has 1 unspecified atom stereocenters. The Morgan fingerprint density at radius 3 is 2.00 bits per heavy atom. The molecular formula is C27H36N4O8S. The van der Waals surface area contributed by atoms with Crippen LogP contribution in [0.5, 0.6) is 11.5 Å². The third-order valence-corrected chi connectivity index (χ3v) is 6.44. The number of likely N-dealkylation sites (N-methyl/N-ethyl adjacent to an activating group) is 3. The van der Waals surface area contributed by atoms with E-state index >= 15 is 0 Å². The Hall–Kier alpha value is -3.84. The number of nitro groups is 1. The van der Waals surface area contributed by atoms with Gasteiger partial charge in [0, 0.05) is 38.8 Å². The van der Waals surface area contributed by atoms with Crippen LogP contribution in [0.3, 0.4) is 0 Å². The average Bonchev–Trinajstić information content (AvgIpc) is 2.95. The molecule has 0 spiro atoms. The first-order valence-corrected chi connectivity index (χ1v) is 13.5. The van der Waals surface area contributed by atoms with Gasteiger partial charge >= 0.3 is 12.2 Å². The number of benzene rings is 2. The van der Waals surface area contributed by atoms with Crippen LogP contribution in [0.2, 0.25) is 0 Å². The predicted octanol–water partition coefficient (Wildman–Crippen LogP) is 4.40. The number of non-ortho nitro benzene ring substituents is 1. The van der Waals surface area contributed by atoms with Crippen molar-refractivity contribution in [1.29, 1.82) is 0 Å². The topological polar surface area (TPSA) is 132 Å². The van der Waals surface area contributed by atoms with Gasteiger partial charge in [-0.3, -0.25) is 14.9 Å². The van der Waals surface area contributed by atoms with Gasteiger partial charge in [0.05, 0.1) is 17.2 Å². The second kappa shape index (κ2) is 16.3. The second-order valence-corrected chi connectivity index (χ2v) is 9.00. The summed E-state index contributed by atoms with van der Waals surface area (Å²) >= 11 is 4.00. The molecule has 1 atom stereocenters. The van der Waals surface area contributed by atoms with Gasteiger partial charge in [0.1, 0.15) is 17.6 Å². The molecule has 0 aliphatic carbocycles. The molecule has 0 heterocycles. The highest BCUT2D eigenvalue weighted by Gasteiger charge is 2.23. The summed E-state index contributed by atoms with van der Waals surface area (Å²) in [6, 6.07) is 11.3. The monoisotopic (exact) mass is 576 g/mol. The average molecular weight is 577 g/mol. The first-order chi connectivity index (χ1) is 19.1. The molecule has 12 nitrogen and oxygen atoms in total. The molecule has 40 heavy (non-hydrogen) atoms. The molecule has 13 heteroatoms. The number of hydrogen-bond acceptors (Lipinski definition) is 10. The molecule has 0 bridgehead atoms. The van der Waals surface area contributed by atoms with Gasteiger partial charge < -0.3 is 28.9 Å². The van der Waals surface area contributed by atoms with E-state index in [0.717, 1.165) is 19.6 Å². The molecule has 218 valence electrons. The van der Waals surface area contributed by atoms with Crippen LogP contribution in [0.4, 0.5) is 15.3 Å². The quantitative estimate of drug-likeness (QED) is 0.114. The van der Waals surface area contributed by atoms with Crippen molar-refractivity contribution in [3.05, 3.63) is 64.2 Å². The molecule has 0 radical (unpaired) electrons. The van der Waals surface area contributed by atoms with Crippen molar-refractivity contribution >= 4 is 36.5 Å². The first kappa shape index (κ1) is 32.4. The standard InChI is InChI=1S/C27H36N4O8S/c1-5-29(6-2)16-17-30(7-3)26(33)37-22-12-8-20(9-13-22)24(18-28(4)25(32)19-40)39-27(34)38-23-14-10-21(11-15-23)31(35)36/h8-15,24,40H,5-7,16-19H2,1-4H3. The highest BCUT2D eigenvalue weighted by Crippen LogP contribution is 2.24. The number of ether oxygens (including phenoxy) is 3. The van der Waals surface area contributed by atoms with E-state index in [0.29, 0.717) is 24.4 Å². The molecule has 0 saturated heterocycles. The minimum absolute atomic E-state index is 0.00284. The molecule has 2 rings (SSSR count). The predicted molar refractivity (Wildman–Crippen MR) is 152 cm³/mol. The van der Waals surface area contributed by atoms with E-state index in [1.165, 1.54) is 29.2 Å². The molecule has 2 amide bonds. The Labute approximate surface area is 239 Å². The van der Waals surface area contributed by atoms with Crippen LogP contribution < -0.4 is 9.47 Å². The summed E-state index contributed by atoms with van der Waals surface area (Å²) < 4.78 is 16.2. The van der Waals surface area contributed by atoms with Crippen molar-refractivity contribution in [1.82, 2.24) is 14.7 Å². The SMILES string of the molecule is CCN(CC)CCN(CC)C(=O)Oc1ccc(C(CN(C)C(=O)CS)OC(=O)Oc2ccc([N+](=O)[O-])cc2)cc1. The van der Waals surface area contributed by atoms with Crippen LogP contribution in [0.15, 0.2) is 48.5 Å². The molecule has 0 aliphatic rings. The van der Waals surface area contributed by atoms with E-state index in [1.807, 2.05) is 6.92 Å². The number of carbonyl (C=O) groups excluding carboxylic acids is 3. The van der Waals surface area contributed by atoms with E-state index in [2.05, 4.69) is 31.4 Å². The number of nitrogens with zero attached hydrogens (tertiary/aromatic N) is 4. The van der Waals surface area contributed by atoms with Crippen LogP contribution in [0.1, 0.15) is 32.4 Å². The normalized spacial score (nSPS) is 11.4. The van der Waals surface area contributed by atoms with Gasteiger partial charge in [0.2, 0.25) is 5.91 Å². The van der Waals surface area contributed by atoms with Gasteiger partial charge in [-0.1, -0.05) is 26.0 Å². The molecule has 2 aromatic carbocycles. The fourth-order valence-corrected chi connectivity index (χ4v) is 3.89. The second-order valence-electron chi connectivity index (χ2n) is 8.69. The summed E-state index contributed by atoms with van der Waals surface area (Å²) in [5, 5.41) is 10.8. The molecule has 0 N–H and O–H groups in total. The maximum absolute atomic E-state index is 12.7. The summed E-state index contributed by atoms with van der Waals surface area (Å²) in [4.78, 5) is 52.8. The van der Waals surface area contributed by atoms with E-state index in [1.54, 1.807) is 36.2 Å². The largest absolute Gasteiger partial charge is 0.514 e. The van der Waals surface area contributed by atoms with Gasteiger partial charge in [-0.05, 0) is 49.8 Å². The van der Waals surface area contributed by atoms with Crippen molar-refractivity contribution in [2.24, 2.45) is 0 Å². The van der Waals surface area contributed by atoms with Crippen LogP contribution in [-0.4, -0.2) is 89.8 Å². The lowest BCUT2D eigenvalue weighted by Crippen LogP contribution is -2.40. The van der Waals surface area contributed by atoms with Gasteiger partial charge in [-0.25, -0.2) is 9.59 Å². The van der Waals surface area contributed by atoms with Crippen molar-refractivity contribution < 1.29 is 33.5 Å². The third kappa shape index (κ3) is 10.0. The summed E-state index contributed by atoms with van der Waals surface area (Å²) in [5.74, 6) is 0.0450. The Balaban J connectivity index is 2.11. The molecular weight excluding hydrogens is 540 g/mol. The number of thiol groups is 1. The van der Waals surface area contributed by atoms with Crippen LogP contribution in [-0.2, 0) is 9.53 Å². The zero-order chi connectivity index (χ0) is 29.7. The van der Waals surface area contributed by atoms with Crippen LogP contribution in [0, 0.1) is 10.1 Å². The zero-order valence-corrected chi connectivity index (χ0v) is 24.0. The van der Waals surface area contributed by atoms with E-state index in [9.17, 15) is 24.5 Å². The number of hydrogen-bond donors (Lipinski definition) is 1. The highest BCUT2D eigenvalue weighted by atomic mass is 32.1. The summed E-state index contributed by atoms with van der Waals surface area (Å²) in [7, 11) is 1.55. The van der Waals surface area contributed by atoms with E-state index < -0.39 is 23.3 Å². The number of nitro benzene ring substituents is 1. The van der Waals surface area contributed by atoms with Gasteiger partial charge in [0.15, 0.2) is 0 Å². The fraction of sp³-hybridized carbons (Fsp3) is 0.444. The Morgan fingerprint density at radius 2 is 1.48 bits per heavy atom. The van der Waals surface area contributed by atoms with Crippen LogP contribution >= 0.6 is 12.6 Å². The number of amides is 2. The Morgan fingerprint density at radius 1 is 0.900 bits per heavy atom. The first-order valence-electron chi connectivity index (χ1n) is 12.9. The van der Waals surface area contributed by atoms with Crippen molar-refractivity contribution in [3.63, 3.8) is 0 Å². The summed E-state index contributed by atoms with van der Waals surface area (Å²) in [5.41, 5.74) is 0.366. The highest BCUT2D eigenvalue weighted by molar-refractivity contribution is 7.81. The summed E-state index contributed by atoms with van der Waals surface area (Å²) in [6.07, 6.45) is -2.46. The van der Waals surface area contributed by atoms with Gasteiger partial charge in [0.25, 0.3) is 5.69 Å². The van der Waals surface area contributed by atoms with Gasteiger partial charge in [-0.15, -0.1) is 0 Å². The molecule has 2 aromatic rings. The lowest BCUT2D eigenvalue weighted by atomic mass is 10.1. The smallest absolute Gasteiger partial charge is 0.424 e. The molecule has 0 saturated carbocycles. The molecule has 0 aromatic heterocycles. The lowest BCUT2D eigenvalue weighted by molar-refractivity contribution is -0.384. The minimum Gasteiger partial charge on any atom is -0.424 e. The number of carbonyl (C=O) groups is 3. The molecule has 0 aliphatic heterocycles. The van der Waals surface area contributed by atoms with Crippen LogP contribution in [0.25, 0.3) is 0 Å². The fourth-order valence-electron chi connectivity index (χ4n) is 3.65. The van der Waals surface area contributed by atoms with E-state index in [4.69, 9.17) is 14.2 Å². The van der Waals surface area contributed by atoms with Crippen molar-refractivity contribution in [2.45, 2.75) is 26.9 Å². The Kier molecular flexibility index (Phi) is 13.2. The van der Waals surface area contributed by atoms with Crippen molar-refractivity contribution in [3.8, 4) is 11.5 Å². The minimum atomic E-state index is -1.06.